The van der Waals surface area contributed by atoms with Crippen LogP contribution in [0.25, 0.3) is 0 Å². The number of hydrogen-bond acceptors (Lipinski definition) is 3. The molecular formula is C13H15FO3. The maximum atomic E-state index is 14.4. The van der Waals surface area contributed by atoms with Crippen LogP contribution in [0.1, 0.15) is 19.4 Å². The van der Waals surface area contributed by atoms with Gasteiger partial charge >= 0.3 is 5.97 Å². The van der Waals surface area contributed by atoms with E-state index in [1.54, 1.807) is 37.3 Å². The molecule has 0 saturated carbocycles. The summed E-state index contributed by atoms with van der Waals surface area (Å²) >= 11 is 0. The van der Waals surface area contributed by atoms with E-state index in [0.717, 1.165) is 6.92 Å². The van der Waals surface area contributed by atoms with E-state index < -0.39 is 17.4 Å². The van der Waals surface area contributed by atoms with Gasteiger partial charge in [-0.1, -0.05) is 30.3 Å². The van der Waals surface area contributed by atoms with Gasteiger partial charge in [0.25, 0.3) is 5.67 Å². The van der Waals surface area contributed by atoms with Crippen LogP contribution >= 0.6 is 0 Å². The Morgan fingerprint density at radius 1 is 1.29 bits per heavy atom. The van der Waals surface area contributed by atoms with Crippen molar-refractivity contribution in [2.75, 3.05) is 6.61 Å². The first-order chi connectivity index (χ1) is 8.00. The number of ketones is 1. The summed E-state index contributed by atoms with van der Waals surface area (Å²) in [4.78, 5) is 22.8. The fraction of sp³-hybridized carbons (Fsp3) is 0.385. The normalized spacial score (nSPS) is 13.8. The van der Waals surface area contributed by atoms with Gasteiger partial charge in [-0.05, 0) is 19.4 Å². The molecule has 0 fully saturated rings. The Morgan fingerprint density at radius 3 is 2.35 bits per heavy atom. The monoisotopic (exact) mass is 238 g/mol. The van der Waals surface area contributed by atoms with Crippen LogP contribution in [0.15, 0.2) is 30.3 Å². The summed E-state index contributed by atoms with van der Waals surface area (Å²) in [5.74, 6) is -1.95. The molecule has 1 unspecified atom stereocenters. The zero-order valence-corrected chi connectivity index (χ0v) is 9.90. The van der Waals surface area contributed by atoms with E-state index in [9.17, 15) is 14.0 Å². The van der Waals surface area contributed by atoms with Crippen molar-refractivity contribution < 1.29 is 18.7 Å². The molecule has 1 aromatic rings. The minimum Gasteiger partial charge on any atom is -0.463 e. The van der Waals surface area contributed by atoms with E-state index in [0.29, 0.717) is 5.56 Å². The van der Waals surface area contributed by atoms with E-state index in [4.69, 9.17) is 0 Å². The zero-order valence-electron chi connectivity index (χ0n) is 9.90. The number of rotatable bonds is 5. The van der Waals surface area contributed by atoms with Gasteiger partial charge in [-0.3, -0.25) is 4.79 Å². The van der Waals surface area contributed by atoms with Crippen molar-refractivity contribution in [2.45, 2.75) is 25.9 Å². The molecule has 0 N–H and O–H groups in total. The highest BCUT2D eigenvalue weighted by atomic mass is 19.1. The lowest BCUT2D eigenvalue weighted by atomic mass is 9.93. The Morgan fingerprint density at radius 2 is 1.88 bits per heavy atom. The molecule has 0 aliphatic rings. The van der Waals surface area contributed by atoms with E-state index in [1.165, 1.54) is 0 Å². The van der Waals surface area contributed by atoms with Crippen LogP contribution in [-0.4, -0.2) is 24.0 Å². The number of alkyl halides is 1. The average Bonchev–Trinajstić information content (AvgIpc) is 2.30. The second-order valence-corrected chi connectivity index (χ2v) is 3.74. The minimum atomic E-state index is -2.59. The summed E-state index contributed by atoms with van der Waals surface area (Å²) in [5.41, 5.74) is -2.00. The van der Waals surface area contributed by atoms with Gasteiger partial charge in [0.2, 0.25) is 0 Å². The first kappa shape index (κ1) is 13.4. The number of hydrogen-bond donors (Lipinski definition) is 0. The largest absolute Gasteiger partial charge is 0.463 e. The third-order valence-electron chi connectivity index (χ3n) is 2.45. The predicted octanol–water partition coefficient (Wildman–Crippen LogP) is 2.09. The van der Waals surface area contributed by atoms with Crippen LogP contribution in [0.5, 0.6) is 0 Å². The van der Waals surface area contributed by atoms with Crippen LogP contribution in [-0.2, 0) is 20.7 Å². The standard InChI is InChI=1S/C13H15FO3/c1-3-17-12(16)13(14,10(2)15)9-11-7-5-4-6-8-11/h4-8H,3,9H2,1-2H3. The Kier molecular flexibility index (Phi) is 4.37. The summed E-state index contributed by atoms with van der Waals surface area (Å²) in [5, 5.41) is 0. The van der Waals surface area contributed by atoms with Gasteiger partial charge in [0.05, 0.1) is 6.61 Å². The summed E-state index contributed by atoms with van der Waals surface area (Å²) in [6.45, 7) is 2.67. The lowest BCUT2D eigenvalue weighted by molar-refractivity contribution is -0.161. The summed E-state index contributed by atoms with van der Waals surface area (Å²) < 4.78 is 19.0. The molecule has 0 aliphatic carbocycles. The quantitative estimate of drug-likeness (QED) is 0.582. The molecule has 1 atom stereocenters. The molecular weight excluding hydrogens is 223 g/mol. The van der Waals surface area contributed by atoms with Crippen LogP contribution in [0.4, 0.5) is 4.39 Å². The molecule has 0 spiro atoms. The number of esters is 1. The van der Waals surface area contributed by atoms with Gasteiger partial charge in [0.1, 0.15) is 0 Å². The highest BCUT2D eigenvalue weighted by Gasteiger charge is 2.45. The van der Waals surface area contributed by atoms with Crippen LogP contribution < -0.4 is 0 Å². The van der Waals surface area contributed by atoms with Gasteiger partial charge in [0, 0.05) is 6.42 Å². The number of carbonyl (C=O) groups excluding carboxylic acids is 2. The van der Waals surface area contributed by atoms with Crippen LogP contribution in [0.3, 0.4) is 0 Å². The summed E-state index contributed by atoms with van der Waals surface area (Å²) in [6.07, 6.45) is -0.290. The van der Waals surface area contributed by atoms with Crippen LogP contribution in [0, 0.1) is 0 Å². The fourth-order valence-electron chi connectivity index (χ4n) is 1.46. The minimum absolute atomic E-state index is 0.0482. The molecule has 0 aromatic heterocycles. The molecule has 3 nitrogen and oxygen atoms in total. The smallest absolute Gasteiger partial charge is 0.352 e. The second-order valence-electron chi connectivity index (χ2n) is 3.74. The molecule has 1 aromatic carbocycles. The van der Waals surface area contributed by atoms with Crippen molar-refractivity contribution in [3.63, 3.8) is 0 Å². The maximum Gasteiger partial charge on any atom is 0.352 e. The van der Waals surface area contributed by atoms with Gasteiger partial charge in [-0.2, -0.15) is 0 Å². The van der Waals surface area contributed by atoms with Gasteiger partial charge in [-0.15, -0.1) is 0 Å². The van der Waals surface area contributed by atoms with E-state index in [2.05, 4.69) is 4.74 Å². The molecule has 92 valence electrons. The zero-order chi connectivity index (χ0) is 12.9. The van der Waals surface area contributed by atoms with E-state index in [1.807, 2.05) is 0 Å². The first-order valence-electron chi connectivity index (χ1n) is 5.41. The predicted molar refractivity (Wildman–Crippen MR) is 61.3 cm³/mol. The SMILES string of the molecule is CCOC(=O)C(F)(Cc1ccccc1)C(C)=O. The first-order valence-corrected chi connectivity index (χ1v) is 5.41. The number of Topliss-reactive ketones (excluding diaryl/α,β-unsaturated/α-hetero) is 1. The van der Waals surface area contributed by atoms with Gasteiger partial charge in [0.15, 0.2) is 5.78 Å². The molecule has 1 rings (SSSR count). The van der Waals surface area contributed by atoms with E-state index >= 15 is 0 Å². The topological polar surface area (TPSA) is 43.4 Å². The summed E-state index contributed by atoms with van der Waals surface area (Å²) in [7, 11) is 0. The molecule has 0 aliphatic heterocycles. The lowest BCUT2D eigenvalue weighted by Gasteiger charge is -2.20. The number of ether oxygens (including phenoxy) is 1. The molecule has 0 saturated heterocycles. The van der Waals surface area contributed by atoms with E-state index in [-0.39, 0.29) is 13.0 Å². The van der Waals surface area contributed by atoms with Crippen LogP contribution in [0.2, 0.25) is 0 Å². The Bertz CT molecular complexity index is 402. The van der Waals surface area contributed by atoms with Gasteiger partial charge < -0.3 is 4.74 Å². The Balaban J connectivity index is 2.93. The third-order valence-corrected chi connectivity index (χ3v) is 2.45. The second kappa shape index (κ2) is 5.57. The number of carbonyl (C=O) groups is 2. The van der Waals surface area contributed by atoms with Crippen molar-refractivity contribution >= 4 is 11.8 Å². The molecule has 0 amide bonds. The van der Waals surface area contributed by atoms with Crippen molar-refractivity contribution in [1.29, 1.82) is 0 Å². The van der Waals surface area contributed by atoms with Gasteiger partial charge in [-0.25, -0.2) is 9.18 Å². The van der Waals surface area contributed by atoms with Crippen molar-refractivity contribution in [3.8, 4) is 0 Å². The molecule has 17 heavy (non-hydrogen) atoms. The summed E-state index contributed by atoms with van der Waals surface area (Å²) in [6, 6.07) is 8.55. The average molecular weight is 238 g/mol. The highest BCUT2D eigenvalue weighted by molar-refractivity contribution is 6.06. The number of halogens is 1. The van der Waals surface area contributed by atoms with Crippen molar-refractivity contribution in [2.24, 2.45) is 0 Å². The molecule has 0 radical (unpaired) electrons. The molecule has 4 heteroatoms. The third kappa shape index (κ3) is 3.12. The number of benzene rings is 1. The molecule has 0 heterocycles. The van der Waals surface area contributed by atoms with Crippen molar-refractivity contribution in [3.05, 3.63) is 35.9 Å². The van der Waals surface area contributed by atoms with Crippen molar-refractivity contribution in [1.82, 2.24) is 0 Å². The Labute approximate surface area is 99.6 Å². The Hall–Kier alpha value is -1.71. The fourth-order valence-corrected chi connectivity index (χ4v) is 1.46. The highest BCUT2D eigenvalue weighted by Crippen LogP contribution is 2.21. The molecule has 0 bridgehead atoms. The lowest BCUT2D eigenvalue weighted by Crippen LogP contribution is -2.44. The maximum absolute atomic E-state index is 14.4.